The van der Waals surface area contributed by atoms with Crippen molar-refractivity contribution in [1.82, 2.24) is 0 Å². The molecule has 5 nitrogen and oxygen atoms in total. The fourth-order valence-corrected chi connectivity index (χ4v) is 2.15. The Morgan fingerprint density at radius 3 is 2.33 bits per heavy atom. The van der Waals surface area contributed by atoms with Crippen molar-refractivity contribution in [2.45, 2.75) is 40.0 Å². The van der Waals surface area contributed by atoms with Crippen LogP contribution in [0.25, 0.3) is 0 Å². The van der Waals surface area contributed by atoms with Crippen LogP contribution < -0.4 is 0 Å². The van der Waals surface area contributed by atoms with Gasteiger partial charge in [0.15, 0.2) is 5.41 Å². The molecule has 0 aromatic rings. The van der Waals surface area contributed by atoms with Crippen molar-refractivity contribution in [3.8, 4) is 0 Å². The zero-order valence-electron chi connectivity index (χ0n) is 11.7. The van der Waals surface area contributed by atoms with E-state index >= 15 is 0 Å². The van der Waals surface area contributed by atoms with Crippen molar-refractivity contribution in [2.75, 3.05) is 20.3 Å². The Morgan fingerprint density at radius 1 is 1.33 bits per heavy atom. The lowest BCUT2D eigenvalue weighted by Gasteiger charge is -2.32. The van der Waals surface area contributed by atoms with Crippen LogP contribution in [0.2, 0.25) is 0 Å². The van der Waals surface area contributed by atoms with Gasteiger partial charge in [-0.3, -0.25) is 9.59 Å². The molecule has 0 aromatic heterocycles. The molecule has 0 saturated heterocycles. The topological polar surface area (TPSA) is 72.8 Å². The first kappa shape index (κ1) is 16.9. The lowest BCUT2D eigenvalue weighted by molar-refractivity contribution is -0.174. The summed E-state index contributed by atoms with van der Waals surface area (Å²) in [5, 5.41) is 9.48. The highest BCUT2D eigenvalue weighted by Crippen LogP contribution is 2.37. The molecule has 0 aromatic carbocycles. The van der Waals surface area contributed by atoms with Gasteiger partial charge in [0, 0.05) is 13.7 Å². The Kier molecular flexibility index (Phi) is 7.59. The number of carboxylic acid groups (broad SMARTS) is 1. The van der Waals surface area contributed by atoms with Gasteiger partial charge in [0.05, 0.1) is 6.61 Å². The average Bonchev–Trinajstić information content (AvgIpc) is 2.32. The number of carbonyl (C=O) groups is 2. The normalized spacial score (nSPS) is 15.8. The van der Waals surface area contributed by atoms with Gasteiger partial charge in [-0.15, -0.1) is 0 Å². The first-order chi connectivity index (χ1) is 8.47. The van der Waals surface area contributed by atoms with E-state index in [1.165, 1.54) is 0 Å². The summed E-state index contributed by atoms with van der Waals surface area (Å²) in [6, 6.07) is 0. The molecular weight excluding hydrogens is 236 g/mol. The van der Waals surface area contributed by atoms with Gasteiger partial charge in [-0.05, 0) is 25.7 Å². The van der Waals surface area contributed by atoms with E-state index < -0.39 is 17.4 Å². The predicted octanol–water partition coefficient (Wildman–Crippen LogP) is 2.09. The minimum absolute atomic E-state index is 0.189. The molecule has 0 bridgehead atoms. The lowest BCUT2D eigenvalue weighted by atomic mass is 9.71. The van der Waals surface area contributed by atoms with E-state index in [-0.39, 0.29) is 18.9 Å². The maximum atomic E-state index is 12.1. The molecule has 0 heterocycles. The van der Waals surface area contributed by atoms with Gasteiger partial charge in [-0.25, -0.2) is 0 Å². The van der Waals surface area contributed by atoms with E-state index in [9.17, 15) is 14.7 Å². The molecule has 106 valence electrons. The van der Waals surface area contributed by atoms with Crippen molar-refractivity contribution in [1.29, 1.82) is 0 Å². The van der Waals surface area contributed by atoms with Crippen LogP contribution in [0.5, 0.6) is 0 Å². The third-order valence-electron chi connectivity index (χ3n) is 3.26. The van der Waals surface area contributed by atoms with Crippen LogP contribution >= 0.6 is 0 Å². The average molecular weight is 260 g/mol. The van der Waals surface area contributed by atoms with Gasteiger partial charge in [0.2, 0.25) is 0 Å². The summed E-state index contributed by atoms with van der Waals surface area (Å²) in [6.07, 6.45) is 1.41. The van der Waals surface area contributed by atoms with Gasteiger partial charge in [-0.2, -0.15) is 0 Å². The minimum Gasteiger partial charge on any atom is -0.480 e. The zero-order chi connectivity index (χ0) is 14.2. The second-order valence-corrected chi connectivity index (χ2v) is 4.43. The number of aliphatic carboxylic acids is 1. The third-order valence-corrected chi connectivity index (χ3v) is 3.26. The molecule has 0 spiro atoms. The fraction of sp³-hybridized carbons (Fsp3) is 0.846. The molecule has 18 heavy (non-hydrogen) atoms. The number of methoxy groups -OCH3 is 1. The molecule has 0 aliphatic carbocycles. The zero-order valence-corrected chi connectivity index (χ0v) is 11.7. The van der Waals surface area contributed by atoms with Crippen LogP contribution in [-0.4, -0.2) is 37.4 Å². The molecule has 5 heteroatoms. The standard InChI is InChI=1S/C13H24O5/c1-5-8-13(11(14)15,12(16)18-6-2)10(3)7-9-17-4/h10H,5-9H2,1-4H3,(H,14,15). The summed E-state index contributed by atoms with van der Waals surface area (Å²) in [4.78, 5) is 23.6. The molecule has 0 saturated carbocycles. The smallest absolute Gasteiger partial charge is 0.323 e. The summed E-state index contributed by atoms with van der Waals surface area (Å²) < 4.78 is 9.92. The van der Waals surface area contributed by atoms with Gasteiger partial charge in [0.1, 0.15) is 0 Å². The van der Waals surface area contributed by atoms with Gasteiger partial charge < -0.3 is 14.6 Å². The van der Waals surface area contributed by atoms with Crippen molar-refractivity contribution in [3.63, 3.8) is 0 Å². The van der Waals surface area contributed by atoms with Crippen molar-refractivity contribution >= 4 is 11.9 Å². The molecule has 1 N–H and O–H groups in total. The number of carbonyl (C=O) groups excluding carboxylic acids is 1. The van der Waals surface area contributed by atoms with Crippen molar-refractivity contribution in [2.24, 2.45) is 11.3 Å². The molecule has 0 fully saturated rings. The molecule has 0 radical (unpaired) electrons. The van der Waals surface area contributed by atoms with Gasteiger partial charge in [0.25, 0.3) is 0 Å². The lowest BCUT2D eigenvalue weighted by Crippen LogP contribution is -2.46. The molecule has 0 amide bonds. The van der Waals surface area contributed by atoms with E-state index in [1.54, 1.807) is 21.0 Å². The summed E-state index contributed by atoms with van der Waals surface area (Å²) >= 11 is 0. The fourth-order valence-electron chi connectivity index (χ4n) is 2.15. The highest BCUT2D eigenvalue weighted by atomic mass is 16.5. The number of carboxylic acids is 1. The maximum absolute atomic E-state index is 12.1. The molecule has 2 atom stereocenters. The molecular formula is C13H24O5. The number of hydrogen-bond acceptors (Lipinski definition) is 4. The highest BCUT2D eigenvalue weighted by molar-refractivity contribution is 5.99. The Labute approximate surface area is 108 Å². The largest absolute Gasteiger partial charge is 0.480 e. The van der Waals surface area contributed by atoms with Gasteiger partial charge in [-0.1, -0.05) is 20.3 Å². The Morgan fingerprint density at radius 2 is 1.94 bits per heavy atom. The van der Waals surface area contributed by atoms with Crippen LogP contribution in [0.3, 0.4) is 0 Å². The quantitative estimate of drug-likeness (QED) is 0.507. The van der Waals surface area contributed by atoms with E-state index in [4.69, 9.17) is 9.47 Å². The maximum Gasteiger partial charge on any atom is 0.323 e. The molecule has 2 unspecified atom stereocenters. The summed E-state index contributed by atoms with van der Waals surface area (Å²) in [5.74, 6) is -2.07. The number of rotatable bonds is 9. The Hall–Kier alpha value is -1.10. The van der Waals surface area contributed by atoms with Crippen molar-refractivity contribution < 1.29 is 24.2 Å². The van der Waals surface area contributed by atoms with E-state index in [0.717, 1.165) is 0 Å². The van der Waals surface area contributed by atoms with Crippen LogP contribution in [0.15, 0.2) is 0 Å². The van der Waals surface area contributed by atoms with Crippen LogP contribution in [0.1, 0.15) is 40.0 Å². The van der Waals surface area contributed by atoms with Crippen LogP contribution in [0, 0.1) is 11.3 Å². The SMILES string of the molecule is CCCC(C(=O)O)(C(=O)OCC)C(C)CCOC. The number of esters is 1. The molecule has 0 aliphatic heterocycles. The van der Waals surface area contributed by atoms with Crippen molar-refractivity contribution in [3.05, 3.63) is 0 Å². The van der Waals surface area contributed by atoms with E-state index in [2.05, 4.69) is 0 Å². The monoisotopic (exact) mass is 260 g/mol. The first-order valence-electron chi connectivity index (χ1n) is 6.36. The van der Waals surface area contributed by atoms with Crippen LogP contribution in [0.4, 0.5) is 0 Å². The first-order valence-corrected chi connectivity index (χ1v) is 6.36. The molecule has 0 aliphatic rings. The highest BCUT2D eigenvalue weighted by Gasteiger charge is 2.50. The molecule has 0 rings (SSSR count). The van der Waals surface area contributed by atoms with Gasteiger partial charge >= 0.3 is 11.9 Å². The van der Waals surface area contributed by atoms with E-state index in [0.29, 0.717) is 19.4 Å². The summed E-state index contributed by atoms with van der Waals surface area (Å²) in [6.45, 7) is 5.92. The Bertz CT molecular complexity index is 277. The second-order valence-electron chi connectivity index (χ2n) is 4.43. The number of hydrogen-bond donors (Lipinski definition) is 1. The Balaban J connectivity index is 5.19. The predicted molar refractivity (Wildman–Crippen MR) is 67.3 cm³/mol. The summed E-state index contributed by atoms with van der Waals surface area (Å²) in [5.41, 5.74) is -1.46. The minimum atomic E-state index is -1.46. The van der Waals surface area contributed by atoms with E-state index in [1.807, 2.05) is 6.92 Å². The third kappa shape index (κ3) is 3.70. The summed E-state index contributed by atoms with van der Waals surface area (Å²) in [7, 11) is 1.55. The number of ether oxygens (including phenoxy) is 2. The second kappa shape index (κ2) is 8.08. The van der Waals surface area contributed by atoms with Crippen LogP contribution in [-0.2, 0) is 19.1 Å².